The molecule has 0 spiro atoms. The molecule has 3 aromatic heterocycles. The van der Waals surface area contributed by atoms with E-state index in [2.05, 4.69) is 9.55 Å². The van der Waals surface area contributed by atoms with Crippen LogP contribution in [0.15, 0.2) is 67.0 Å². The Labute approximate surface area is 148 Å². The number of hydrogen-bond donors (Lipinski definition) is 0. The maximum atomic E-state index is 6.24. The summed E-state index contributed by atoms with van der Waals surface area (Å²) in [5.74, 6) is 0. The highest BCUT2D eigenvalue weighted by molar-refractivity contribution is 6.31. The van der Waals surface area contributed by atoms with E-state index < -0.39 is 0 Å². The highest BCUT2D eigenvalue weighted by Crippen LogP contribution is 2.30. The molecule has 25 heavy (non-hydrogen) atoms. The van der Waals surface area contributed by atoms with E-state index in [0.717, 1.165) is 33.1 Å². The first-order valence-corrected chi connectivity index (χ1v) is 8.40. The number of benzene rings is 2. The fourth-order valence-electron chi connectivity index (χ4n) is 3.24. The Hall–Kier alpha value is -2.98. The zero-order valence-electron chi connectivity index (χ0n) is 13.2. The Balaban J connectivity index is 1.88. The van der Waals surface area contributed by atoms with Crippen LogP contribution in [0.25, 0.3) is 33.1 Å². The van der Waals surface area contributed by atoms with Crippen molar-refractivity contribution in [1.82, 2.24) is 19.5 Å². The zero-order chi connectivity index (χ0) is 16.8. The number of para-hydroxylation sites is 2. The highest BCUT2D eigenvalue weighted by atomic mass is 35.5. The number of pyridine rings is 1. The molecular weight excluding hydrogens is 332 g/mol. The van der Waals surface area contributed by atoms with Gasteiger partial charge in [0.2, 0.25) is 0 Å². The van der Waals surface area contributed by atoms with E-state index in [9.17, 15) is 0 Å². The fraction of sp³-hybridized carbons (Fsp3) is 0.0500. The third-order valence-electron chi connectivity index (χ3n) is 4.40. The van der Waals surface area contributed by atoms with Crippen molar-refractivity contribution >= 4 is 44.7 Å². The Morgan fingerprint density at radius 1 is 0.880 bits per heavy atom. The number of hydrogen-bond acceptors (Lipinski definition) is 3. The van der Waals surface area contributed by atoms with Crippen LogP contribution < -0.4 is 0 Å². The van der Waals surface area contributed by atoms with E-state index in [1.165, 1.54) is 5.56 Å². The van der Waals surface area contributed by atoms with E-state index in [4.69, 9.17) is 21.6 Å². The summed E-state index contributed by atoms with van der Waals surface area (Å²) in [6.45, 7) is 0.706. The van der Waals surface area contributed by atoms with Crippen molar-refractivity contribution in [3.8, 4) is 0 Å². The fourth-order valence-corrected chi connectivity index (χ4v) is 3.41. The second-order valence-corrected chi connectivity index (χ2v) is 6.42. The van der Waals surface area contributed by atoms with Crippen molar-refractivity contribution in [2.45, 2.75) is 6.54 Å². The molecule has 0 saturated carbocycles. The van der Waals surface area contributed by atoms with Crippen LogP contribution in [0.5, 0.6) is 0 Å². The normalized spacial score (nSPS) is 11.6. The molecule has 0 aliphatic rings. The minimum absolute atomic E-state index is 0.699. The molecule has 0 N–H and O–H groups in total. The third-order valence-corrected chi connectivity index (χ3v) is 4.64. The van der Waals surface area contributed by atoms with Gasteiger partial charge in [-0.15, -0.1) is 0 Å². The molecule has 5 aromatic rings. The molecule has 0 amide bonds. The average Bonchev–Trinajstić information content (AvgIpc) is 2.93. The molecule has 2 aromatic carbocycles. The van der Waals surface area contributed by atoms with E-state index >= 15 is 0 Å². The van der Waals surface area contributed by atoms with Gasteiger partial charge in [0.1, 0.15) is 5.52 Å². The summed E-state index contributed by atoms with van der Waals surface area (Å²) < 4.78 is 2.19. The van der Waals surface area contributed by atoms with Crippen LogP contribution in [-0.4, -0.2) is 19.5 Å². The smallest absolute Gasteiger partial charge is 0.160 e. The van der Waals surface area contributed by atoms with Gasteiger partial charge in [-0.25, -0.2) is 9.97 Å². The molecular formula is C20H13ClN4. The Bertz CT molecular complexity index is 1230. The summed E-state index contributed by atoms with van der Waals surface area (Å²) in [6, 6.07) is 17.9. The quantitative estimate of drug-likeness (QED) is 0.460. The molecule has 4 nitrogen and oxygen atoms in total. The maximum Gasteiger partial charge on any atom is 0.160 e. The van der Waals surface area contributed by atoms with Crippen LogP contribution in [-0.2, 0) is 6.54 Å². The van der Waals surface area contributed by atoms with E-state index in [1.54, 1.807) is 12.4 Å². The van der Waals surface area contributed by atoms with E-state index in [-0.39, 0.29) is 0 Å². The highest BCUT2D eigenvalue weighted by Gasteiger charge is 2.15. The largest absolute Gasteiger partial charge is 0.319 e. The number of halogens is 1. The zero-order valence-corrected chi connectivity index (χ0v) is 14.0. The SMILES string of the molecule is Clc1ccc2c(c1)c1nc3ccccc3nc1n2Cc1ccncc1. The van der Waals surface area contributed by atoms with Gasteiger partial charge in [0, 0.05) is 29.3 Å². The van der Waals surface area contributed by atoms with Crippen molar-refractivity contribution in [3.63, 3.8) is 0 Å². The molecule has 0 aliphatic heterocycles. The number of aromatic nitrogens is 4. The predicted molar refractivity (Wildman–Crippen MR) is 101 cm³/mol. The van der Waals surface area contributed by atoms with Crippen molar-refractivity contribution in [2.75, 3.05) is 0 Å². The lowest BCUT2D eigenvalue weighted by atomic mass is 10.2. The minimum Gasteiger partial charge on any atom is -0.319 e. The van der Waals surface area contributed by atoms with Crippen molar-refractivity contribution in [1.29, 1.82) is 0 Å². The van der Waals surface area contributed by atoms with Gasteiger partial charge in [-0.05, 0) is 48.0 Å². The molecule has 3 heterocycles. The topological polar surface area (TPSA) is 43.6 Å². The van der Waals surface area contributed by atoms with Crippen LogP contribution in [0, 0.1) is 0 Å². The third kappa shape index (κ3) is 2.34. The molecule has 120 valence electrons. The van der Waals surface area contributed by atoms with Gasteiger partial charge in [0.05, 0.1) is 16.6 Å². The lowest BCUT2D eigenvalue weighted by Gasteiger charge is -2.07. The van der Waals surface area contributed by atoms with Crippen LogP contribution in [0.4, 0.5) is 0 Å². The minimum atomic E-state index is 0.699. The van der Waals surface area contributed by atoms with E-state index in [1.807, 2.05) is 54.6 Å². The van der Waals surface area contributed by atoms with Gasteiger partial charge in [-0.3, -0.25) is 4.98 Å². The lowest BCUT2D eigenvalue weighted by molar-refractivity contribution is 0.855. The summed E-state index contributed by atoms with van der Waals surface area (Å²) in [6.07, 6.45) is 3.61. The monoisotopic (exact) mass is 344 g/mol. The van der Waals surface area contributed by atoms with Crippen molar-refractivity contribution in [2.24, 2.45) is 0 Å². The number of rotatable bonds is 2. The lowest BCUT2D eigenvalue weighted by Crippen LogP contribution is -2.01. The van der Waals surface area contributed by atoms with Gasteiger partial charge in [0.25, 0.3) is 0 Å². The first kappa shape index (κ1) is 14.4. The second-order valence-electron chi connectivity index (χ2n) is 5.99. The Morgan fingerprint density at radius 2 is 1.64 bits per heavy atom. The van der Waals surface area contributed by atoms with Crippen LogP contribution in [0.3, 0.4) is 0 Å². The Morgan fingerprint density at radius 3 is 2.44 bits per heavy atom. The molecule has 0 radical (unpaired) electrons. The summed E-state index contributed by atoms with van der Waals surface area (Å²) in [7, 11) is 0. The molecule has 0 unspecified atom stereocenters. The maximum absolute atomic E-state index is 6.24. The van der Waals surface area contributed by atoms with Gasteiger partial charge in [0.15, 0.2) is 5.65 Å². The van der Waals surface area contributed by atoms with Gasteiger partial charge in [-0.1, -0.05) is 23.7 Å². The molecule has 5 rings (SSSR count). The van der Waals surface area contributed by atoms with E-state index in [0.29, 0.717) is 11.6 Å². The summed E-state index contributed by atoms with van der Waals surface area (Å²) in [5.41, 5.74) is 5.76. The number of nitrogens with zero attached hydrogens (tertiary/aromatic N) is 4. The predicted octanol–water partition coefficient (Wildman–Crippen LogP) is 4.83. The van der Waals surface area contributed by atoms with Crippen molar-refractivity contribution in [3.05, 3.63) is 77.6 Å². The van der Waals surface area contributed by atoms with Crippen molar-refractivity contribution < 1.29 is 0 Å². The molecule has 0 aliphatic carbocycles. The molecule has 0 bridgehead atoms. The molecule has 0 atom stereocenters. The van der Waals surface area contributed by atoms with Gasteiger partial charge in [-0.2, -0.15) is 0 Å². The average molecular weight is 345 g/mol. The summed E-state index contributed by atoms with van der Waals surface area (Å²) in [4.78, 5) is 13.8. The van der Waals surface area contributed by atoms with Crippen LogP contribution >= 0.6 is 11.6 Å². The van der Waals surface area contributed by atoms with Gasteiger partial charge >= 0.3 is 0 Å². The first-order valence-electron chi connectivity index (χ1n) is 8.03. The van der Waals surface area contributed by atoms with Crippen LogP contribution in [0.2, 0.25) is 5.02 Å². The molecule has 0 fully saturated rings. The van der Waals surface area contributed by atoms with Gasteiger partial charge < -0.3 is 4.57 Å². The second kappa shape index (κ2) is 5.53. The standard InChI is InChI=1S/C20H13ClN4/c21-14-5-6-18-15(11-14)19-20(24-17-4-2-1-3-16(17)23-19)25(18)12-13-7-9-22-10-8-13/h1-11H,12H2. The first-order chi connectivity index (χ1) is 12.3. The molecule has 0 saturated heterocycles. The summed E-state index contributed by atoms with van der Waals surface area (Å²) in [5, 5.41) is 1.72. The number of fused-ring (bicyclic) bond motifs is 4. The molecule has 5 heteroatoms. The Kier molecular flexibility index (Phi) is 3.18. The van der Waals surface area contributed by atoms with Crippen LogP contribution in [0.1, 0.15) is 5.56 Å². The summed E-state index contributed by atoms with van der Waals surface area (Å²) >= 11 is 6.24.